The van der Waals surface area contributed by atoms with Crippen molar-refractivity contribution < 1.29 is 17.6 Å². The van der Waals surface area contributed by atoms with Crippen LogP contribution >= 0.6 is 0 Å². The minimum Gasteiger partial charge on any atom is -0.339 e. The van der Waals surface area contributed by atoms with Gasteiger partial charge in [-0.25, -0.2) is 22.6 Å². The highest BCUT2D eigenvalue weighted by atomic mass is 32.2. The van der Waals surface area contributed by atoms with Crippen LogP contribution in [0, 0.1) is 5.82 Å². The molecule has 0 atom stereocenters. The fourth-order valence-electron chi connectivity index (χ4n) is 3.70. The Hall–Kier alpha value is -3.32. The first-order chi connectivity index (χ1) is 15.1. The highest BCUT2D eigenvalue weighted by Gasteiger charge is 2.30. The Morgan fingerprint density at radius 1 is 1.03 bits per heavy atom. The van der Waals surface area contributed by atoms with E-state index >= 15 is 0 Å². The maximum Gasteiger partial charge on any atom is 0.332 e. The molecule has 0 radical (unpaired) electrons. The van der Waals surface area contributed by atoms with Crippen LogP contribution in [0.25, 0.3) is 11.2 Å². The lowest BCUT2D eigenvalue weighted by Crippen LogP contribution is -2.51. The molecule has 1 amide bonds. The van der Waals surface area contributed by atoms with Crippen LogP contribution in [0.1, 0.15) is 0 Å². The first kappa shape index (κ1) is 21.9. The fraction of sp³-hybridized carbons (Fsp3) is 0.368. The van der Waals surface area contributed by atoms with Crippen LogP contribution in [0.2, 0.25) is 0 Å². The predicted molar refractivity (Wildman–Crippen MR) is 112 cm³/mol. The molecule has 1 aliphatic rings. The third-order valence-electron chi connectivity index (χ3n) is 5.57. The zero-order valence-electron chi connectivity index (χ0n) is 17.4. The van der Waals surface area contributed by atoms with Gasteiger partial charge in [-0.1, -0.05) is 0 Å². The number of rotatable bonds is 4. The molecule has 0 N–H and O–H groups in total. The van der Waals surface area contributed by atoms with E-state index in [9.17, 15) is 27.2 Å². The Kier molecular flexibility index (Phi) is 5.46. The van der Waals surface area contributed by atoms with Crippen molar-refractivity contribution in [3.8, 4) is 0 Å². The van der Waals surface area contributed by atoms with Gasteiger partial charge in [-0.2, -0.15) is 4.31 Å². The number of benzene rings is 1. The monoisotopic (exact) mass is 464 g/mol. The number of aromatic nitrogens is 4. The molecular weight excluding hydrogens is 443 g/mol. The summed E-state index contributed by atoms with van der Waals surface area (Å²) >= 11 is 0. The second-order valence-corrected chi connectivity index (χ2v) is 9.43. The number of hydrogen-bond acceptors (Lipinski definition) is 6. The Morgan fingerprint density at radius 2 is 1.66 bits per heavy atom. The van der Waals surface area contributed by atoms with Crippen LogP contribution in [0.5, 0.6) is 0 Å². The molecule has 1 aliphatic heterocycles. The summed E-state index contributed by atoms with van der Waals surface area (Å²) in [7, 11) is -0.947. The second kappa shape index (κ2) is 7.98. The number of carbonyl (C=O) groups is 1. The second-order valence-electron chi connectivity index (χ2n) is 7.49. The Balaban J connectivity index is 1.48. The number of hydrogen-bond donors (Lipinski definition) is 0. The summed E-state index contributed by atoms with van der Waals surface area (Å²) in [6.07, 6.45) is 1.33. The van der Waals surface area contributed by atoms with Gasteiger partial charge in [0.05, 0.1) is 11.2 Å². The molecule has 1 saturated heterocycles. The summed E-state index contributed by atoms with van der Waals surface area (Å²) in [5.41, 5.74) is -0.747. The highest BCUT2D eigenvalue weighted by Crippen LogP contribution is 2.18. The number of halogens is 1. The van der Waals surface area contributed by atoms with Crippen molar-refractivity contribution in [1.82, 2.24) is 27.9 Å². The van der Waals surface area contributed by atoms with Crippen molar-refractivity contribution in [3.05, 3.63) is 57.2 Å². The molecule has 32 heavy (non-hydrogen) atoms. The Morgan fingerprint density at radius 3 is 2.28 bits per heavy atom. The molecule has 0 aliphatic carbocycles. The Labute approximate surface area is 182 Å². The van der Waals surface area contributed by atoms with E-state index in [2.05, 4.69) is 4.98 Å². The van der Waals surface area contributed by atoms with Crippen LogP contribution < -0.4 is 11.2 Å². The number of piperazine rings is 1. The number of aryl methyl sites for hydroxylation is 1. The number of amides is 1. The summed E-state index contributed by atoms with van der Waals surface area (Å²) in [6, 6.07) is 4.59. The Bertz CT molecular complexity index is 1420. The molecule has 0 saturated carbocycles. The lowest BCUT2D eigenvalue weighted by atomic mass is 10.3. The van der Waals surface area contributed by atoms with Crippen LogP contribution in [0.4, 0.5) is 4.39 Å². The largest absolute Gasteiger partial charge is 0.339 e. The van der Waals surface area contributed by atoms with Gasteiger partial charge in [-0.3, -0.25) is 18.7 Å². The molecule has 3 aromatic rings. The summed E-state index contributed by atoms with van der Waals surface area (Å²) in [4.78, 5) is 43.0. The van der Waals surface area contributed by atoms with Crippen molar-refractivity contribution in [1.29, 1.82) is 0 Å². The first-order valence-electron chi connectivity index (χ1n) is 9.75. The SMILES string of the molecule is Cn1c(=O)c2c(ncn2CC(=O)N2CCN(S(=O)(=O)c3ccc(F)cc3)CC2)n(C)c1=O. The van der Waals surface area contributed by atoms with E-state index in [1.165, 1.54) is 50.9 Å². The van der Waals surface area contributed by atoms with Crippen LogP contribution in [0.3, 0.4) is 0 Å². The van der Waals surface area contributed by atoms with Gasteiger partial charge < -0.3 is 9.47 Å². The molecule has 0 unspecified atom stereocenters. The van der Waals surface area contributed by atoms with E-state index < -0.39 is 27.1 Å². The number of nitrogens with zero attached hydrogens (tertiary/aromatic N) is 6. The first-order valence-corrected chi connectivity index (χ1v) is 11.2. The van der Waals surface area contributed by atoms with E-state index in [1.54, 1.807) is 0 Å². The van der Waals surface area contributed by atoms with Crippen LogP contribution in [-0.2, 0) is 35.5 Å². The predicted octanol–water partition coefficient (Wildman–Crippen LogP) is -0.894. The molecule has 2 aromatic heterocycles. The zero-order chi connectivity index (χ0) is 23.2. The third-order valence-corrected chi connectivity index (χ3v) is 7.48. The van der Waals surface area contributed by atoms with E-state index in [-0.39, 0.29) is 54.7 Å². The molecule has 170 valence electrons. The van der Waals surface area contributed by atoms with Gasteiger partial charge in [0.2, 0.25) is 15.9 Å². The van der Waals surface area contributed by atoms with E-state index in [4.69, 9.17) is 0 Å². The third kappa shape index (κ3) is 3.62. The molecule has 3 heterocycles. The summed E-state index contributed by atoms with van der Waals surface area (Å²) < 4.78 is 43.4. The average molecular weight is 464 g/mol. The van der Waals surface area contributed by atoms with Gasteiger partial charge in [0, 0.05) is 40.3 Å². The molecule has 1 fully saturated rings. The number of imidazole rings is 1. The van der Waals surface area contributed by atoms with Gasteiger partial charge in [0.25, 0.3) is 5.56 Å². The van der Waals surface area contributed by atoms with Crippen LogP contribution in [0.15, 0.2) is 45.1 Å². The maximum absolute atomic E-state index is 13.1. The van der Waals surface area contributed by atoms with E-state index in [0.29, 0.717) is 0 Å². The van der Waals surface area contributed by atoms with Crippen molar-refractivity contribution in [2.24, 2.45) is 14.1 Å². The molecule has 13 heteroatoms. The fourth-order valence-corrected chi connectivity index (χ4v) is 5.12. The van der Waals surface area contributed by atoms with E-state index in [0.717, 1.165) is 16.7 Å². The molecular formula is C19H21FN6O5S. The highest BCUT2D eigenvalue weighted by molar-refractivity contribution is 7.89. The van der Waals surface area contributed by atoms with Crippen molar-refractivity contribution in [3.63, 3.8) is 0 Å². The molecule has 11 nitrogen and oxygen atoms in total. The maximum atomic E-state index is 13.1. The molecule has 1 aromatic carbocycles. The lowest BCUT2D eigenvalue weighted by molar-refractivity contribution is -0.132. The molecule has 0 spiro atoms. The van der Waals surface area contributed by atoms with E-state index in [1.807, 2.05) is 0 Å². The number of fused-ring (bicyclic) bond motifs is 1. The van der Waals surface area contributed by atoms with Crippen molar-refractivity contribution in [2.75, 3.05) is 26.2 Å². The smallest absolute Gasteiger partial charge is 0.332 e. The summed E-state index contributed by atoms with van der Waals surface area (Å²) in [6.45, 7) is 0.345. The quantitative estimate of drug-likeness (QED) is 0.494. The van der Waals surface area contributed by atoms with Gasteiger partial charge in [0.1, 0.15) is 12.4 Å². The minimum absolute atomic E-state index is 0.00924. The van der Waals surface area contributed by atoms with Crippen LogP contribution in [-0.4, -0.2) is 68.4 Å². The van der Waals surface area contributed by atoms with Crippen molar-refractivity contribution in [2.45, 2.75) is 11.4 Å². The number of sulfonamides is 1. The average Bonchev–Trinajstić information content (AvgIpc) is 3.20. The summed E-state index contributed by atoms with van der Waals surface area (Å²) in [5, 5.41) is 0. The molecule has 0 bridgehead atoms. The van der Waals surface area contributed by atoms with Gasteiger partial charge in [-0.15, -0.1) is 0 Å². The summed E-state index contributed by atoms with van der Waals surface area (Å²) in [5.74, 6) is -0.833. The zero-order valence-corrected chi connectivity index (χ0v) is 18.2. The van der Waals surface area contributed by atoms with Gasteiger partial charge in [-0.05, 0) is 24.3 Å². The normalized spacial score (nSPS) is 15.4. The topological polar surface area (TPSA) is 120 Å². The minimum atomic E-state index is -3.79. The molecule has 4 rings (SSSR count). The standard InChI is InChI=1S/C19H21FN6O5S/c1-22-17-16(18(28)23(2)19(22)29)25(12-21-17)11-15(27)24-7-9-26(10-8-24)32(30,31)14-5-3-13(20)4-6-14/h3-6,12H,7-11H2,1-2H3. The van der Waals surface area contributed by atoms with Gasteiger partial charge >= 0.3 is 5.69 Å². The van der Waals surface area contributed by atoms with Gasteiger partial charge in [0.15, 0.2) is 11.2 Å². The number of carbonyl (C=O) groups excluding carboxylic acids is 1. The van der Waals surface area contributed by atoms with Crippen molar-refractivity contribution >= 4 is 27.1 Å². The lowest BCUT2D eigenvalue weighted by Gasteiger charge is -2.34.